The highest BCUT2D eigenvalue weighted by Gasteiger charge is 2.03. The summed E-state index contributed by atoms with van der Waals surface area (Å²) >= 11 is 0. The molecular formula is C15H18BrN. The summed E-state index contributed by atoms with van der Waals surface area (Å²) in [5, 5.41) is 0. The lowest BCUT2D eigenvalue weighted by atomic mass is 10.1. The van der Waals surface area contributed by atoms with Gasteiger partial charge in [-0.25, -0.2) is 4.57 Å². The van der Waals surface area contributed by atoms with Gasteiger partial charge in [0.05, 0.1) is 0 Å². The lowest BCUT2D eigenvalue weighted by Gasteiger charge is -2.00. The minimum absolute atomic E-state index is 0. The molecule has 0 saturated heterocycles. The Kier molecular flexibility index (Phi) is 5.36. The van der Waals surface area contributed by atoms with E-state index in [0.29, 0.717) is 0 Å². The van der Waals surface area contributed by atoms with Crippen LogP contribution >= 0.6 is 0 Å². The van der Waals surface area contributed by atoms with E-state index in [0.717, 1.165) is 13.0 Å². The molecule has 1 aromatic heterocycles. The van der Waals surface area contributed by atoms with Gasteiger partial charge in [0.25, 0.3) is 0 Å². The van der Waals surface area contributed by atoms with Crippen molar-refractivity contribution in [3.63, 3.8) is 0 Å². The lowest BCUT2D eigenvalue weighted by molar-refractivity contribution is -0.697. The van der Waals surface area contributed by atoms with Gasteiger partial charge in [-0.15, -0.1) is 0 Å². The molecule has 0 unspecified atom stereocenters. The fraction of sp³-hybridized carbons (Fsp3) is 0.267. The summed E-state index contributed by atoms with van der Waals surface area (Å²) < 4.78 is 2.28. The Bertz CT molecular complexity index is 445. The Labute approximate surface area is 114 Å². The molecule has 1 aromatic carbocycles. The summed E-state index contributed by atoms with van der Waals surface area (Å²) in [6, 6.07) is 12.8. The van der Waals surface area contributed by atoms with E-state index in [-0.39, 0.29) is 17.0 Å². The van der Waals surface area contributed by atoms with Crippen LogP contribution in [0.15, 0.2) is 48.8 Å². The van der Waals surface area contributed by atoms with E-state index in [1.807, 2.05) is 0 Å². The zero-order valence-electron chi connectivity index (χ0n) is 10.4. The zero-order chi connectivity index (χ0) is 11.4. The van der Waals surface area contributed by atoms with E-state index >= 15 is 0 Å². The maximum atomic E-state index is 2.28. The van der Waals surface area contributed by atoms with Crippen molar-refractivity contribution in [2.75, 3.05) is 0 Å². The molecule has 0 aliphatic carbocycles. The third-order valence-electron chi connectivity index (χ3n) is 2.70. The van der Waals surface area contributed by atoms with Crippen LogP contribution in [0.3, 0.4) is 0 Å². The second-order valence-electron chi connectivity index (χ2n) is 4.36. The Morgan fingerprint density at radius 2 is 1.53 bits per heavy atom. The van der Waals surface area contributed by atoms with E-state index in [2.05, 4.69) is 67.2 Å². The van der Waals surface area contributed by atoms with Crippen LogP contribution < -0.4 is 21.5 Å². The van der Waals surface area contributed by atoms with E-state index < -0.39 is 0 Å². The number of hydrogen-bond acceptors (Lipinski definition) is 0. The first kappa shape index (κ1) is 13.9. The number of pyridine rings is 1. The summed E-state index contributed by atoms with van der Waals surface area (Å²) in [5.74, 6) is 0. The van der Waals surface area contributed by atoms with Crippen molar-refractivity contribution in [2.45, 2.75) is 26.8 Å². The van der Waals surface area contributed by atoms with Crippen molar-refractivity contribution >= 4 is 0 Å². The number of hydrogen-bond donors (Lipinski definition) is 0. The van der Waals surface area contributed by atoms with Crippen LogP contribution in [-0.4, -0.2) is 0 Å². The van der Waals surface area contributed by atoms with Gasteiger partial charge in [0.2, 0.25) is 0 Å². The van der Waals surface area contributed by atoms with Crippen molar-refractivity contribution in [1.82, 2.24) is 0 Å². The monoisotopic (exact) mass is 291 g/mol. The van der Waals surface area contributed by atoms with Crippen molar-refractivity contribution in [1.29, 1.82) is 0 Å². The molecule has 0 aliphatic rings. The summed E-state index contributed by atoms with van der Waals surface area (Å²) in [7, 11) is 0. The molecule has 1 heterocycles. The van der Waals surface area contributed by atoms with Gasteiger partial charge in [0.1, 0.15) is 0 Å². The Morgan fingerprint density at radius 3 is 2.12 bits per heavy atom. The standard InChI is InChI=1S/C15H18N.BrH/c1-13-10-14(2)12-16(11-13)9-8-15-6-4-3-5-7-15;/h3-7,10-12H,8-9H2,1-2H3;1H/q+1;/p-1. The first-order valence-electron chi connectivity index (χ1n) is 5.75. The smallest absolute Gasteiger partial charge is 0.171 e. The highest BCUT2D eigenvalue weighted by molar-refractivity contribution is 5.14. The first-order chi connectivity index (χ1) is 7.74. The molecule has 2 rings (SSSR count). The summed E-state index contributed by atoms with van der Waals surface area (Å²) in [4.78, 5) is 0. The Morgan fingerprint density at radius 1 is 0.941 bits per heavy atom. The molecule has 0 N–H and O–H groups in total. The van der Waals surface area contributed by atoms with Crippen molar-refractivity contribution in [2.24, 2.45) is 0 Å². The van der Waals surface area contributed by atoms with Crippen LogP contribution in [0.4, 0.5) is 0 Å². The van der Waals surface area contributed by atoms with Gasteiger partial charge in [-0.05, 0) is 25.5 Å². The minimum atomic E-state index is 0. The topological polar surface area (TPSA) is 3.88 Å². The third kappa shape index (κ3) is 4.31. The number of halogens is 1. The van der Waals surface area contributed by atoms with Gasteiger partial charge in [0.15, 0.2) is 18.9 Å². The zero-order valence-corrected chi connectivity index (χ0v) is 11.9. The first-order valence-corrected chi connectivity index (χ1v) is 5.75. The Hall–Kier alpha value is -1.15. The molecule has 0 spiro atoms. The van der Waals surface area contributed by atoms with E-state index in [9.17, 15) is 0 Å². The van der Waals surface area contributed by atoms with E-state index in [1.165, 1.54) is 16.7 Å². The molecule has 0 radical (unpaired) electrons. The van der Waals surface area contributed by atoms with Crippen molar-refractivity contribution in [3.8, 4) is 0 Å². The molecule has 0 fully saturated rings. The van der Waals surface area contributed by atoms with Crippen LogP contribution in [0.25, 0.3) is 0 Å². The van der Waals surface area contributed by atoms with Crippen molar-refractivity contribution in [3.05, 3.63) is 65.5 Å². The maximum Gasteiger partial charge on any atom is 0.171 e. The average Bonchev–Trinajstić information content (AvgIpc) is 2.27. The van der Waals surface area contributed by atoms with Crippen LogP contribution in [-0.2, 0) is 13.0 Å². The maximum absolute atomic E-state index is 2.28. The largest absolute Gasteiger partial charge is 1.00 e. The fourth-order valence-corrected chi connectivity index (χ4v) is 2.03. The molecule has 0 amide bonds. The van der Waals surface area contributed by atoms with Gasteiger partial charge >= 0.3 is 0 Å². The van der Waals surface area contributed by atoms with E-state index in [1.54, 1.807) is 0 Å². The number of rotatable bonds is 3. The predicted octanol–water partition coefficient (Wildman–Crippen LogP) is -0.162. The van der Waals surface area contributed by atoms with Gasteiger partial charge in [0, 0.05) is 17.5 Å². The van der Waals surface area contributed by atoms with Gasteiger partial charge in [-0.3, -0.25) is 0 Å². The molecule has 1 nitrogen and oxygen atoms in total. The highest BCUT2D eigenvalue weighted by Crippen LogP contribution is 2.01. The number of aromatic nitrogens is 1. The normalized spacial score (nSPS) is 9.76. The summed E-state index contributed by atoms with van der Waals surface area (Å²) in [6.45, 7) is 5.34. The number of nitrogens with zero attached hydrogens (tertiary/aromatic N) is 1. The predicted molar refractivity (Wildman–Crippen MR) is 66.3 cm³/mol. The molecule has 0 saturated carbocycles. The second kappa shape index (κ2) is 6.55. The van der Waals surface area contributed by atoms with Crippen LogP contribution in [0.2, 0.25) is 0 Å². The number of aryl methyl sites for hydroxylation is 4. The molecular weight excluding hydrogens is 274 g/mol. The average molecular weight is 292 g/mol. The van der Waals surface area contributed by atoms with Gasteiger partial charge in [-0.1, -0.05) is 30.3 Å². The minimum Gasteiger partial charge on any atom is -1.00 e. The fourth-order valence-electron chi connectivity index (χ4n) is 2.03. The molecule has 0 bridgehead atoms. The highest BCUT2D eigenvalue weighted by atomic mass is 79.9. The van der Waals surface area contributed by atoms with Gasteiger partial charge < -0.3 is 17.0 Å². The van der Waals surface area contributed by atoms with Crippen LogP contribution in [0.5, 0.6) is 0 Å². The molecule has 17 heavy (non-hydrogen) atoms. The summed E-state index contributed by atoms with van der Waals surface area (Å²) in [6.07, 6.45) is 5.50. The van der Waals surface area contributed by atoms with Crippen LogP contribution in [0, 0.1) is 13.8 Å². The number of benzene rings is 1. The van der Waals surface area contributed by atoms with Crippen LogP contribution in [0.1, 0.15) is 16.7 Å². The SMILES string of the molecule is Cc1cc(C)c[n+](CCc2ccccc2)c1.[Br-]. The lowest BCUT2D eigenvalue weighted by Crippen LogP contribution is -3.00. The second-order valence-corrected chi connectivity index (χ2v) is 4.36. The Balaban J connectivity index is 0.00000144. The molecule has 0 aliphatic heterocycles. The van der Waals surface area contributed by atoms with Crippen molar-refractivity contribution < 1.29 is 21.5 Å². The molecule has 2 heteroatoms. The molecule has 90 valence electrons. The molecule has 2 aromatic rings. The molecule has 0 atom stereocenters. The van der Waals surface area contributed by atoms with E-state index in [4.69, 9.17) is 0 Å². The van der Waals surface area contributed by atoms with Gasteiger partial charge in [-0.2, -0.15) is 0 Å². The summed E-state index contributed by atoms with van der Waals surface area (Å²) in [5.41, 5.74) is 4.05. The third-order valence-corrected chi connectivity index (χ3v) is 2.70. The quantitative estimate of drug-likeness (QED) is 0.692.